The topological polar surface area (TPSA) is 158 Å². The van der Waals surface area contributed by atoms with E-state index >= 15 is 0 Å². The van der Waals surface area contributed by atoms with Crippen molar-refractivity contribution in [1.29, 1.82) is 0 Å². The predicted molar refractivity (Wildman–Crippen MR) is 176 cm³/mol. The number of nitrogens with zero attached hydrogens (tertiary/aromatic N) is 4. The van der Waals surface area contributed by atoms with Crippen molar-refractivity contribution in [2.75, 3.05) is 14.2 Å². The molecule has 44 heavy (non-hydrogen) atoms. The molecule has 6 rings (SSSR count). The number of rotatable bonds is 8. The van der Waals surface area contributed by atoms with Crippen molar-refractivity contribution in [2.45, 2.75) is 26.9 Å². The molecular weight excluding hydrogens is 558 g/mol. The Hall–Kier alpha value is -4.61. The Morgan fingerprint density at radius 3 is 1.68 bits per heavy atom. The first-order valence-corrected chi connectivity index (χ1v) is 13.6. The number of methoxy groups -OCH3 is 2. The fraction of sp³-hybridized carbons (Fsp3) is 0.188. The molecule has 0 aliphatic heterocycles. The van der Waals surface area contributed by atoms with Gasteiger partial charge < -0.3 is 39.6 Å². The van der Waals surface area contributed by atoms with E-state index in [9.17, 15) is 0 Å². The van der Waals surface area contributed by atoms with Crippen LogP contribution in [0.2, 0.25) is 0 Å². The van der Waals surface area contributed by atoms with Crippen LogP contribution in [0.15, 0.2) is 84.9 Å². The van der Waals surface area contributed by atoms with E-state index in [0.29, 0.717) is 6.54 Å². The summed E-state index contributed by atoms with van der Waals surface area (Å²) in [7, 11) is 5.54. The summed E-state index contributed by atoms with van der Waals surface area (Å²) in [6, 6.07) is 27.4. The molecule has 12 heteroatoms. The number of hydrogen-bond donors (Lipinski definition) is 2. The number of aryl methyl sites for hydroxylation is 2. The summed E-state index contributed by atoms with van der Waals surface area (Å²) < 4.78 is 15.1. The number of fused-ring (bicyclic) bond motifs is 2. The molecule has 4 aromatic carbocycles. The van der Waals surface area contributed by atoms with Gasteiger partial charge in [0.2, 0.25) is 0 Å². The highest BCUT2D eigenvalue weighted by Gasteiger charge is 2.13. The smallest absolute Gasteiger partial charge is 0.326 e. The SMILES string of the molecule is COc1cccc2c1nc(C)n2Cc1ccc([B]O)cc1.COc1cccc2nc(C)n(Cc3ccc([B]O)cc3)c12.O.O. The fourth-order valence-corrected chi connectivity index (χ4v) is 5.01. The number of ether oxygens (including phenoxy) is 2. The lowest BCUT2D eigenvalue weighted by Crippen LogP contribution is -2.13. The van der Waals surface area contributed by atoms with Crippen molar-refractivity contribution < 1.29 is 30.5 Å². The van der Waals surface area contributed by atoms with Crippen molar-refractivity contribution in [3.8, 4) is 11.5 Å². The number of imidazole rings is 2. The number of para-hydroxylation sites is 2. The van der Waals surface area contributed by atoms with Crippen molar-refractivity contribution >= 4 is 48.0 Å². The normalized spacial score (nSPS) is 10.3. The molecule has 0 fully saturated rings. The van der Waals surface area contributed by atoms with Gasteiger partial charge in [-0.05, 0) is 49.2 Å². The van der Waals surface area contributed by atoms with E-state index in [1.165, 1.54) is 0 Å². The molecule has 0 saturated carbocycles. The zero-order chi connectivity index (χ0) is 29.6. The van der Waals surface area contributed by atoms with Gasteiger partial charge in [0.15, 0.2) is 0 Å². The lowest BCUT2D eigenvalue weighted by atomic mass is 9.88. The molecule has 2 aromatic heterocycles. The molecule has 0 aliphatic rings. The number of aromatic nitrogens is 4. The Kier molecular flexibility index (Phi) is 11.7. The van der Waals surface area contributed by atoms with Crippen molar-refractivity contribution in [2.24, 2.45) is 0 Å². The van der Waals surface area contributed by atoms with Crippen LogP contribution in [0.3, 0.4) is 0 Å². The van der Waals surface area contributed by atoms with E-state index in [0.717, 1.165) is 88.8 Å². The van der Waals surface area contributed by atoms with Gasteiger partial charge in [0.1, 0.15) is 34.2 Å². The predicted octanol–water partition coefficient (Wildman–Crippen LogP) is 1.63. The van der Waals surface area contributed by atoms with Gasteiger partial charge in [0, 0.05) is 13.1 Å². The molecule has 0 saturated heterocycles. The highest BCUT2D eigenvalue weighted by molar-refractivity contribution is 6.45. The van der Waals surface area contributed by atoms with Crippen LogP contribution in [0.25, 0.3) is 22.1 Å². The van der Waals surface area contributed by atoms with Gasteiger partial charge >= 0.3 is 15.0 Å². The molecule has 0 bridgehead atoms. The van der Waals surface area contributed by atoms with Crippen molar-refractivity contribution in [3.05, 3.63) is 108 Å². The second kappa shape index (κ2) is 15.2. The molecule has 6 aromatic rings. The monoisotopic (exact) mass is 594 g/mol. The molecule has 0 amide bonds. The molecule has 6 N–H and O–H groups in total. The van der Waals surface area contributed by atoms with E-state index < -0.39 is 0 Å². The third kappa shape index (κ3) is 7.12. The fourth-order valence-electron chi connectivity index (χ4n) is 5.01. The summed E-state index contributed by atoms with van der Waals surface area (Å²) >= 11 is 0. The van der Waals surface area contributed by atoms with E-state index in [-0.39, 0.29) is 11.0 Å². The van der Waals surface area contributed by atoms with Gasteiger partial charge in [-0.2, -0.15) is 0 Å². The van der Waals surface area contributed by atoms with Gasteiger partial charge in [-0.15, -0.1) is 0 Å². The first kappa shape index (κ1) is 33.9. The first-order chi connectivity index (χ1) is 20.4. The van der Waals surface area contributed by atoms with Gasteiger partial charge in [-0.1, -0.05) is 71.6 Å². The van der Waals surface area contributed by atoms with Crippen LogP contribution in [-0.4, -0.2) is 69.3 Å². The van der Waals surface area contributed by atoms with Gasteiger partial charge in [0.05, 0.1) is 25.3 Å². The molecule has 226 valence electrons. The highest BCUT2D eigenvalue weighted by Crippen LogP contribution is 2.28. The zero-order valence-corrected chi connectivity index (χ0v) is 25.2. The van der Waals surface area contributed by atoms with Crippen LogP contribution in [0.4, 0.5) is 0 Å². The van der Waals surface area contributed by atoms with Crippen molar-refractivity contribution in [3.63, 3.8) is 0 Å². The summed E-state index contributed by atoms with van der Waals surface area (Å²) in [4.78, 5) is 9.19. The molecule has 10 nitrogen and oxygen atoms in total. The summed E-state index contributed by atoms with van der Waals surface area (Å²) in [5.74, 6) is 3.52. The average Bonchev–Trinajstić information content (AvgIpc) is 3.52. The lowest BCUT2D eigenvalue weighted by Gasteiger charge is -2.10. The van der Waals surface area contributed by atoms with Crippen LogP contribution in [0, 0.1) is 13.8 Å². The molecule has 2 heterocycles. The van der Waals surface area contributed by atoms with E-state index in [2.05, 4.69) is 19.1 Å². The molecule has 0 unspecified atom stereocenters. The quantitative estimate of drug-likeness (QED) is 0.255. The van der Waals surface area contributed by atoms with E-state index in [1.54, 1.807) is 14.2 Å². The third-order valence-electron chi connectivity index (χ3n) is 7.23. The van der Waals surface area contributed by atoms with Crippen LogP contribution in [-0.2, 0) is 13.1 Å². The zero-order valence-electron chi connectivity index (χ0n) is 25.2. The third-order valence-corrected chi connectivity index (χ3v) is 7.23. The highest BCUT2D eigenvalue weighted by atomic mass is 16.5. The Bertz CT molecular complexity index is 1800. The largest absolute Gasteiger partial charge is 0.494 e. The lowest BCUT2D eigenvalue weighted by molar-refractivity contribution is 0.417. The Labute approximate surface area is 257 Å². The molecular formula is C32H36B2N4O6. The average molecular weight is 594 g/mol. The van der Waals surface area contributed by atoms with E-state index in [4.69, 9.17) is 19.5 Å². The minimum atomic E-state index is 0. The maximum absolute atomic E-state index is 8.98. The second-order valence-corrected chi connectivity index (χ2v) is 9.89. The first-order valence-electron chi connectivity index (χ1n) is 13.6. The second-order valence-electron chi connectivity index (χ2n) is 9.89. The molecule has 0 spiro atoms. The van der Waals surface area contributed by atoms with Crippen LogP contribution >= 0.6 is 0 Å². The summed E-state index contributed by atoms with van der Waals surface area (Å²) in [5.41, 5.74) is 7.79. The number of hydrogen-bond acceptors (Lipinski definition) is 6. The van der Waals surface area contributed by atoms with E-state index in [1.807, 2.05) is 98.8 Å². The summed E-state index contributed by atoms with van der Waals surface area (Å²) in [6.45, 7) is 5.44. The standard InChI is InChI=1S/2C16H16BN2O2.2H2O/c1-11-18-16-14(4-3-5-15(16)21-2)19(11)10-12-6-8-13(17-20)9-7-12;1-11-18-14-4-3-5-15(21-2)16(14)19(11)10-12-6-8-13(17-20)9-7-12;;/h2*3-9,20H,10H2,1-2H3;2*1H2. The number of benzene rings is 4. The Morgan fingerprint density at radius 2 is 1.14 bits per heavy atom. The Balaban J connectivity index is 0.000000230. The minimum Gasteiger partial charge on any atom is -0.494 e. The summed E-state index contributed by atoms with van der Waals surface area (Å²) in [5, 5.41) is 18.0. The molecule has 2 radical (unpaired) electrons. The van der Waals surface area contributed by atoms with Crippen LogP contribution in [0.1, 0.15) is 22.8 Å². The maximum Gasteiger partial charge on any atom is 0.326 e. The molecule has 0 aliphatic carbocycles. The van der Waals surface area contributed by atoms with Gasteiger partial charge in [-0.3, -0.25) is 0 Å². The maximum atomic E-state index is 8.98. The van der Waals surface area contributed by atoms with Crippen LogP contribution in [0.5, 0.6) is 11.5 Å². The minimum absolute atomic E-state index is 0. The molecule has 0 atom stereocenters. The Morgan fingerprint density at radius 1 is 0.636 bits per heavy atom. The van der Waals surface area contributed by atoms with Gasteiger partial charge in [0.25, 0.3) is 0 Å². The van der Waals surface area contributed by atoms with Crippen molar-refractivity contribution in [1.82, 2.24) is 19.1 Å². The summed E-state index contributed by atoms with van der Waals surface area (Å²) in [6.07, 6.45) is 0. The van der Waals surface area contributed by atoms with Crippen LogP contribution < -0.4 is 20.4 Å². The van der Waals surface area contributed by atoms with Gasteiger partial charge in [-0.25, -0.2) is 9.97 Å².